The van der Waals surface area contributed by atoms with Gasteiger partial charge in [0.25, 0.3) is 5.91 Å². The minimum Gasteiger partial charge on any atom is -0.358 e. The van der Waals surface area contributed by atoms with Gasteiger partial charge < -0.3 is 10.2 Å². The number of benzene rings is 1. The zero-order chi connectivity index (χ0) is 15.4. The summed E-state index contributed by atoms with van der Waals surface area (Å²) in [7, 11) is 1.63. The minimum absolute atomic E-state index is 0.00333. The molecule has 114 valence electrons. The third-order valence-electron chi connectivity index (χ3n) is 3.47. The average Bonchev–Trinajstić information content (AvgIpc) is 2.50. The van der Waals surface area contributed by atoms with Gasteiger partial charge in [0.05, 0.1) is 11.6 Å². The molecule has 0 atom stereocenters. The highest BCUT2D eigenvalue weighted by Crippen LogP contribution is 2.24. The molecule has 0 aliphatic carbocycles. The maximum absolute atomic E-state index is 12.4. The van der Waals surface area contributed by atoms with Gasteiger partial charge in [0.1, 0.15) is 0 Å². The Bertz CT molecular complexity index is 545. The highest BCUT2D eigenvalue weighted by Gasteiger charge is 2.23. The van der Waals surface area contributed by atoms with E-state index in [0.29, 0.717) is 47.8 Å². The lowest BCUT2D eigenvalue weighted by Gasteiger charge is -2.34. The van der Waals surface area contributed by atoms with E-state index in [9.17, 15) is 9.59 Å². The van der Waals surface area contributed by atoms with Crippen LogP contribution in [-0.4, -0.2) is 61.4 Å². The number of rotatable bonds is 3. The van der Waals surface area contributed by atoms with Crippen LogP contribution in [0.2, 0.25) is 5.02 Å². The van der Waals surface area contributed by atoms with E-state index in [4.69, 9.17) is 11.6 Å². The standard InChI is InChI=1S/C14H17BrClN3O2/c1-17-13(20)9-18-4-6-19(7-5-18)14(21)10-2-3-12(16)11(15)8-10/h2-3,8H,4-7,9H2,1H3,(H,17,20). The second kappa shape index (κ2) is 7.24. The number of carbonyl (C=O) groups is 2. The molecule has 0 saturated carbocycles. The summed E-state index contributed by atoms with van der Waals surface area (Å²) in [5.41, 5.74) is 0.617. The van der Waals surface area contributed by atoms with E-state index < -0.39 is 0 Å². The number of hydrogen-bond acceptors (Lipinski definition) is 3. The summed E-state index contributed by atoms with van der Waals surface area (Å²) in [4.78, 5) is 27.6. The predicted molar refractivity (Wildman–Crippen MR) is 85.6 cm³/mol. The number of halogens is 2. The number of amides is 2. The molecule has 0 radical (unpaired) electrons. The Morgan fingerprint density at radius 2 is 1.95 bits per heavy atom. The molecule has 0 unspecified atom stereocenters. The Balaban J connectivity index is 1.93. The number of piperazine rings is 1. The minimum atomic E-state index is -0.00744. The van der Waals surface area contributed by atoms with Crippen LogP contribution in [0.4, 0.5) is 0 Å². The molecule has 1 aromatic rings. The van der Waals surface area contributed by atoms with Crippen molar-refractivity contribution in [2.45, 2.75) is 0 Å². The van der Waals surface area contributed by atoms with Crippen molar-refractivity contribution in [3.63, 3.8) is 0 Å². The molecule has 1 N–H and O–H groups in total. The Labute approximate surface area is 137 Å². The van der Waals surface area contributed by atoms with Crippen molar-refractivity contribution >= 4 is 39.3 Å². The number of nitrogens with one attached hydrogen (secondary N) is 1. The molecule has 1 saturated heterocycles. The van der Waals surface area contributed by atoms with Crippen molar-refractivity contribution in [1.82, 2.24) is 15.1 Å². The zero-order valence-corrected chi connectivity index (χ0v) is 14.1. The number of carbonyl (C=O) groups excluding carboxylic acids is 2. The fraction of sp³-hybridized carbons (Fsp3) is 0.429. The zero-order valence-electron chi connectivity index (χ0n) is 11.7. The first-order valence-electron chi connectivity index (χ1n) is 6.68. The van der Waals surface area contributed by atoms with Gasteiger partial charge in [-0.15, -0.1) is 0 Å². The second-order valence-electron chi connectivity index (χ2n) is 4.87. The van der Waals surface area contributed by atoms with Gasteiger partial charge in [-0.3, -0.25) is 14.5 Å². The molecule has 0 aromatic heterocycles. The lowest BCUT2D eigenvalue weighted by atomic mass is 10.2. The van der Waals surface area contributed by atoms with Gasteiger partial charge in [0.2, 0.25) is 5.91 Å². The maximum atomic E-state index is 12.4. The van der Waals surface area contributed by atoms with Crippen molar-refractivity contribution in [3.05, 3.63) is 33.3 Å². The maximum Gasteiger partial charge on any atom is 0.253 e. The van der Waals surface area contributed by atoms with E-state index in [1.807, 2.05) is 4.90 Å². The molecule has 7 heteroatoms. The molecule has 5 nitrogen and oxygen atoms in total. The molecule has 2 amide bonds. The Kier molecular flexibility index (Phi) is 5.61. The molecule has 0 bridgehead atoms. The molecule has 21 heavy (non-hydrogen) atoms. The van der Waals surface area contributed by atoms with Crippen LogP contribution in [0.15, 0.2) is 22.7 Å². The van der Waals surface area contributed by atoms with E-state index in [2.05, 4.69) is 21.2 Å². The SMILES string of the molecule is CNC(=O)CN1CCN(C(=O)c2ccc(Cl)c(Br)c2)CC1. The summed E-state index contributed by atoms with van der Waals surface area (Å²) in [5.74, 6) is -0.0108. The van der Waals surface area contributed by atoms with Crippen LogP contribution in [0.3, 0.4) is 0 Å². The number of likely N-dealkylation sites (N-methyl/N-ethyl adjacent to an activating group) is 1. The molecule has 1 heterocycles. The largest absolute Gasteiger partial charge is 0.358 e. The van der Waals surface area contributed by atoms with Gasteiger partial charge in [-0.2, -0.15) is 0 Å². The fourth-order valence-electron chi connectivity index (χ4n) is 2.20. The normalized spacial score (nSPS) is 15.9. The number of nitrogens with zero attached hydrogens (tertiary/aromatic N) is 2. The summed E-state index contributed by atoms with van der Waals surface area (Å²) in [6.07, 6.45) is 0. The van der Waals surface area contributed by atoms with Crippen molar-refractivity contribution in [2.24, 2.45) is 0 Å². The van der Waals surface area contributed by atoms with Crippen LogP contribution in [0.25, 0.3) is 0 Å². The molecule has 2 rings (SSSR count). The monoisotopic (exact) mass is 373 g/mol. The Hall–Kier alpha value is -1.11. The van der Waals surface area contributed by atoms with E-state index in [1.165, 1.54) is 0 Å². The van der Waals surface area contributed by atoms with Crippen molar-refractivity contribution in [2.75, 3.05) is 39.8 Å². The van der Waals surface area contributed by atoms with Gasteiger partial charge in [-0.1, -0.05) is 11.6 Å². The summed E-state index contributed by atoms with van der Waals surface area (Å²) in [5, 5.41) is 3.19. The van der Waals surface area contributed by atoms with E-state index in [1.54, 1.807) is 30.1 Å². The molecular weight excluding hydrogens is 358 g/mol. The third-order valence-corrected chi connectivity index (χ3v) is 4.69. The lowest BCUT2D eigenvalue weighted by molar-refractivity contribution is -0.122. The van der Waals surface area contributed by atoms with Gasteiger partial charge in [-0.25, -0.2) is 0 Å². The fourth-order valence-corrected chi connectivity index (χ4v) is 2.70. The molecule has 0 spiro atoms. The molecular formula is C14H17BrClN3O2. The third kappa shape index (κ3) is 4.18. The van der Waals surface area contributed by atoms with Crippen molar-refractivity contribution < 1.29 is 9.59 Å². The van der Waals surface area contributed by atoms with Gasteiger partial charge in [-0.05, 0) is 34.1 Å². The molecule has 1 aliphatic rings. The van der Waals surface area contributed by atoms with Crippen molar-refractivity contribution in [1.29, 1.82) is 0 Å². The Morgan fingerprint density at radius 1 is 1.29 bits per heavy atom. The van der Waals surface area contributed by atoms with E-state index >= 15 is 0 Å². The lowest BCUT2D eigenvalue weighted by Crippen LogP contribution is -2.50. The highest BCUT2D eigenvalue weighted by molar-refractivity contribution is 9.10. The smallest absolute Gasteiger partial charge is 0.253 e. The van der Waals surface area contributed by atoms with Crippen LogP contribution < -0.4 is 5.32 Å². The first-order chi connectivity index (χ1) is 10.0. The van der Waals surface area contributed by atoms with Gasteiger partial charge in [0.15, 0.2) is 0 Å². The Morgan fingerprint density at radius 3 is 2.52 bits per heavy atom. The van der Waals surface area contributed by atoms with Gasteiger partial charge in [0, 0.05) is 43.3 Å². The average molecular weight is 375 g/mol. The van der Waals surface area contributed by atoms with Crippen molar-refractivity contribution in [3.8, 4) is 0 Å². The summed E-state index contributed by atoms with van der Waals surface area (Å²) < 4.78 is 0.716. The highest BCUT2D eigenvalue weighted by atomic mass is 79.9. The molecule has 1 fully saturated rings. The van der Waals surface area contributed by atoms with Crippen LogP contribution in [0.5, 0.6) is 0 Å². The number of hydrogen-bond donors (Lipinski definition) is 1. The van der Waals surface area contributed by atoms with E-state index in [-0.39, 0.29) is 11.8 Å². The summed E-state index contributed by atoms with van der Waals surface area (Å²) >= 11 is 9.26. The van der Waals surface area contributed by atoms with Crippen LogP contribution in [0, 0.1) is 0 Å². The first-order valence-corrected chi connectivity index (χ1v) is 7.85. The first kappa shape index (κ1) is 16.3. The topological polar surface area (TPSA) is 52.7 Å². The van der Waals surface area contributed by atoms with Gasteiger partial charge >= 0.3 is 0 Å². The quantitative estimate of drug-likeness (QED) is 0.874. The molecule has 1 aromatic carbocycles. The molecule has 1 aliphatic heterocycles. The summed E-state index contributed by atoms with van der Waals surface area (Å²) in [6, 6.07) is 5.18. The van der Waals surface area contributed by atoms with Crippen LogP contribution in [0.1, 0.15) is 10.4 Å². The summed E-state index contributed by atoms with van der Waals surface area (Å²) in [6.45, 7) is 3.03. The second-order valence-corrected chi connectivity index (χ2v) is 6.13. The van der Waals surface area contributed by atoms with E-state index in [0.717, 1.165) is 0 Å². The predicted octanol–water partition coefficient (Wildman–Crippen LogP) is 1.61. The van der Waals surface area contributed by atoms with Crippen LogP contribution >= 0.6 is 27.5 Å². The van der Waals surface area contributed by atoms with Crippen LogP contribution in [-0.2, 0) is 4.79 Å².